The van der Waals surface area contributed by atoms with Crippen molar-refractivity contribution in [2.45, 2.75) is 25.8 Å². The number of likely N-dealkylation sites (tertiary alicyclic amines) is 1. The maximum Gasteiger partial charge on any atom is 0.303 e. The second kappa shape index (κ2) is 5.75. The minimum absolute atomic E-state index is 0.242. The summed E-state index contributed by atoms with van der Waals surface area (Å²) in [6.45, 7) is 2.45. The Bertz CT molecular complexity index is 399. The first kappa shape index (κ1) is 12.7. The highest BCUT2D eigenvalue weighted by atomic mass is 35.5. The maximum atomic E-state index is 10.7. The van der Waals surface area contributed by atoms with Gasteiger partial charge in [-0.1, -0.05) is 16.1 Å². The third-order valence-corrected chi connectivity index (χ3v) is 3.93. The summed E-state index contributed by atoms with van der Waals surface area (Å²) in [6.07, 6.45) is 2.28. The van der Waals surface area contributed by atoms with Gasteiger partial charge >= 0.3 is 5.97 Å². The highest BCUT2D eigenvalue weighted by molar-refractivity contribution is 7.10. The Morgan fingerprint density at radius 2 is 2.47 bits per heavy atom. The molecule has 17 heavy (non-hydrogen) atoms. The first-order valence-corrected chi connectivity index (χ1v) is 6.71. The van der Waals surface area contributed by atoms with Crippen LogP contribution in [-0.4, -0.2) is 38.7 Å². The molecule has 2 rings (SSSR count). The zero-order chi connectivity index (χ0) is 12.3. The normalized spacial score (nSPS) is 21.6. The molecule has 1 aliphatic rings. The van der Waals surface area contributed by atoms with Crippen molar-refractivity contribution in [3.63, 3.8) is 0 Å². The molecule has 0 aromatic carbocycles. The Morgan fingerprint density at radius 1 is 1.65 bits per heavy atom. The van der Waals surface area contributed by atoms with Crippen LogP contribution in [0.4, 0.5) is 0 Å². The number of hydrogen-bond donors (Lipinski definition) is 1. The number of piperidine rings is 1. The molecule has 1 aromatic rings. The van der Waals surface area contributed by atoms with Crippen LogP contribution in [0.3, 0.4) is 0 Å². The van der Waals surface area contributed by atoms with Gasteiger partial charge in [0.2, 0.25) is 0 Å². The SMILES string of the molecule is O=C(O)CC1CCCN(Cc2nnsc2Cl)C1. The van der Waals surface area contributed by atoms with Crippen LogP contribution in [0.25, 0.3) is 0 Å². The second-order valence-corrected chi connectivity index (χ2v) is 5.69. The van der Waals surface area contributed by atoms with E-state index in [1.54, 1.807) is 0 Å². The summed E-state index contributed by atoms with van der Waals surface area (Å²) in [5.41, 5.74) is 0.799. The van der Waals surface area contributed by atoms with Crippen molar-refractivity contribution in [3.05, 3.63) is 10.0 Å². The van der Waals surface area contributed by atoms with Crippen LogP contribution >= 0.6 is 23.1 Å². The molecule has 0 spiro atoms. The predicted octanol–water partition coefficient (Wildman–Crippen LogP) is 1.88. The van der Waals surface area contributed by atoms with E-state index in [4.69, 9.17) is 16.7 Å². The van der Waals surface area contributed by atoms with Gasteiger partial charge < -0.3 is 5.11 Å². The Kier molecular flexibility index (Phi) is 4.31. The first-order valence-electron chi connectivity index (χ1n) is 5.56. The van der Waals surface area contributed by atoms with Crippen LogP contribution in [0, 0.1) is 5.92 Å². The van der Waals surface area contributed by atoms with E-state index in [-0.39, 0.29) is 12.3 Å². The van der Waals surface area contributed by atoms with E-state index >= 15 is 0 Å². The lowest BCUT2D eigenvalue weighted by molar-refractivity contribution is -0.138. The average Bonchev–Trinajstić information content (AvgIpc) is 2.64. The summed E-state index contributed by atoms with van der Waals surface area (Å²) < 4.78 is 4.42. The van der Waals surface area contributed by atoms with Crippen molar-refractivity contribution in [1.82, 2.24) is 14.5 Å². The van der Waals surface area contributed by atoms with Gasteiger partial charge in [-0.05, 0) is 25.3 Å². The molecule has 0 aliphatic carbocycles. The van der Waals surface area contributed by atoms with E-state index in [2.05, 4.69) is 14.5 Å². The lowest BCUT2D eigenvalue weighted by atomic mass is 9.95. The highest BCUT2D eigenvalue weighted by Gasteiger charge is 2.23. The Morgan fingerprint density at radius 3 is 3.12 bits per heavy atom. The number of aromatic nitrogens is 2. The topological polar surface area (TPSA) is 66.3 Å². The van der Waals surface area contributed by atoms with Crippen LogP contribution in [0.5, 0.6) is 0 Å². The summed E-state index contributed by atoms with van der Waals surface area (Å²) >= 11 is 7.14. The molecule has 1 saturated heterocycles. The molecule has 1 unspecified atom stereocenters. The minimum Gasteiger partial charge on any atom is -0.481 e. The Labute approximate surface area is 109 Å². The summed E-state index contributed by atoms with van der Waals surface area (Å²) in [7, 11) is 0. The van der Waals surface area contributed by atoms with Crippen molar-refractivity contribution in [2.24, 2.45) is 5.92 Å². The third kappa shape index (κ3) is 3.62. The van der Waals surface area contributed by atoms with Gasteiger partial charge in [-0.3, -0.25) is 9.69 Å². The van der Waals surface area contributed by atoms with Gasteiger partial charge in [-0.15, -0.1) is 5.10 Å². The lowest BCUT2D eigenvalue weighted by Gasteiger charge is -2.31. The van der Waals surface area contributed by atoms with Crippen LogP contribution in [0.1, 0.15) is 25.0 Å². The molecule has 7 heteroatoms. The molecule has 1 N–H and O–H groups in total. The molecule has 1 aromatic heterocycles. The molecule has 0 bridgehead atoms. The Hall–Kier alpha value is -0.720. The highest BCUT2D eigenvalue weighted by Crippen LogP contribution is 2.24. The van der Waals surface area contributed by atoms with Crippen molar-refractivity contribution in [2.75, 3.05) is 13.1 Å². The molecule has 94 valence electrons. The van der Waals surface area contributed by atoms with E-state index in [1.165, 1.54) is 11.5 Å². The molecule has 0 saturated carbocycles. The van der Waals surface area contributed by atoms with E-state index in [9.17, 15) is 4.79 Å². The number of carbonyl (C=O) groups is 1. The number of hydrogen-bond acceptors (Lipinski definition) is 5. The van der Waals surface area contributed by atoms with E-state index in [0.717, 1.165) is 31.6 Å². The number of nitrogens with zero attached hydrogens (tertiary/aromatic N) is 3. The summed E-state index contributed by atoms with van der Waals surface area (Å²) in [5.74, 6) is -0.475. The molecule has 1 aliphatic heterocycles. The fraction of sp³-hybridized carbons (Fsp3) is 0.700. The molecule has 1 atom stereocenters. The number of carboxylic acids is 1. The van der Waals surface area contributed by atoms with Crippen molar-refractivity contribution >= 4 is 29.1 Å². The summed E-state index contributed by atoms with van der Waals surface area (Å²) in [4.78, 5) is 12.9. The second-order valence-electron chi connectivity index (χ2n) is 4.33. The zero-order valence-electron chi connectivity index (χ0n) is 9.30. The average molecular weight is 276 g/mol. The molecule has 5 nitrogen and oxygen atoms in total. The van der Waals surface area contributed by atoms with E-state index in [1.807, 2.05) is 0 Å². The quantitative estimate of drug-likeness (QED) is 0.909. The molecule has 0 radical (unpaired) electrons. The summed E-state index contributed by atoms with van der Waals surface area (Å²) in [5, 5.41) is 12.8. The van der Waals surface area contributed by atoms with Gasteiger partial charge in [0.15, 0.2) is 0 Å². The predicted molar refractivity (Wildman–Crippen MR) is 65.2 cm³/mol. The number of aliphatic carboxylic acids is 1. The van der Waals surface area contributed by atoms with Gasteiger partial charge in [0, 0.05) is 31.0 Å². The van der Waals surface area contributed by atoms with Crippen LogP contribution < -0.4 is 0 Å². The minimum atomic E-state index is -0.717. The monoisotopic (exact) mass is 275 g/mol. The number of carboxylic acid groups (broad SMARTS) is 1. The standard InChI is InChI=1S/C10H14ClN3O2S/c11-10-8(12-13-17-10)6-14-3-1-2-7(5-14)4-9(15)16/h7H,1-6H2,(H,15,16). The van der Waals surface area contributed by atoms with Gasteiger partial charge in [-0.2, -0.15) is 0 Å². The zero-order valence-corrected chi connectivity index (χ0v) is 10.9. The first-order chi connectivity index (χ1) is 8.15. The van der Waals surface area contributed by atoms with Crippen molar-refractivity contribution in [1.29, 1.82) is 0 Å². The number of rotatable bonds is 4. The smallest absolute Gasteiger partial charge is 0.303 e. The van der Waals surface area contributed by atoms with Crippen LogP contribution in [0.2, 0.25) is 4.34 Å². The largest absolute Gasteiger partial charge is 0.481 e. The van der Waals surface area contributed by atoms with Gasteiger partial charge in [0.05, 0.1) is 0 Å². The fourth-order valence-corrected chi connectivity index (χ4v) is 2.82. The molecule has 0 amide bonds. The van der Waals surface area contributed by atoms with E-state index in [0.29, 0.717) is 10.9 Å². The fourth-order valence-electron chi connectivity index (χ4n) is 2.21. The maximum absolute atomic E-state index is 10.7. The number of halogens is 1. The van der Waals surface area contributed by atoms with Crippen molar-refractivity contribution in [3.8, 4) is 0 Å². The lowest BCUT2D eigenvalue weighted by Crippen LogP contribution is -2.35. The molecule has 1 fully saturated rings. The van der Waals surface area contributed by atoms with Crippen LogP contribution in [0.15, 0.2) is 0 Å². The third-order valence-electron chi connectivity index (χ3n) is 2.95. The summed E-state index contributed by atoms with van der Waals surface area (Å²) in [6, 6.07) is 0. The molecular weight excluding hydrogens is 262 g/mol. The van der Waals surface area contributed by atoms with Crippen molar-refractivity contribution < 1.29 is 9.90 Å². The van der Waals surface area contributed by atoms with Gasteiger partial charge in [0.25, 0.3) is 0 Å². The molecule has 2 heterocycles. The van der Waals surface area contributed by atoms with Crippen LogP contribution in [-0.2, 0) is 11.3 Å². The van der Waals surface area contributed by atoms with Gasteiger partial charge in [-0.25, -0.2) is 0 Å². The van der Waals surface area contributed by atoms with Gasteiger partial charge in [0.1, 0.15) is 10.0 Å². The molecular formula is C10H14ClN3O2S. The van der Waals surface area contributed by atoms with E-state index < -0.39 is 5.97 Å². The Balaban J connectivity index is 1.89.